The zero-order valence-electron chi connectivity index (χ0n) is 12.0. The lowest BCUT2D eigenvalue weighted by Gasteiger charge is -2.19. The molecule has 1 N–H and O–H groups in total. The van der Waals surface area contributed by atoms with Gasteiger partial charge < -0.3 is 5.32 Å². The standard InChI is InChI=1S/C15H21N5/c1-2-10-16-11-15-17-18-19-20(15)14-9-5-7-12-6-3-4-8-13(12)14/h5,7,9,16H,2-4,6,8,10-11H2,1H3. The fraction of sp³-hybridized carbons (Fsp3) is 0.533. The smallest absolute Gasteiger partial charge is 0.170 e. The zero-order valence-corrected chi connectivity index (χ0v) is 12.0. The van der Waals surface area contributed by atoms with Crippen molar-refractivity contribution in [2.24, 2.45) is 0 Å². The maximum Gasteiger partial charge on any atom is 0.170 e. The van der Waals surface area contributed by atoms with E-state index in [9.17, 15) is 0 Å². The molecule has 0 bridgehead atoms. The van der Waals surface area contributed by atoms with Crippen molar-refractivity contribution >= 4 is 0 Å². The van der Waals surface area contributed by atoms with Crippen LogP contribution in [0.15, 0.2) is 18.2 Å². The Labute approximate surface area is 119 Å². The summed E-state index contributed by atoms with van der Waals surface area (Å²) in [5.74, 6) is 0.887. The highest BCUT2D eigenvalue weighted by Gasteiger charge is 2.17. The first kappa shape index (κ1) is 13.2. The van der Waals surface area contributed by atoms with Crippen LogP contribution in [-0.4, -0.2) is 26.8 Å². The van der Waals surface area contributed by atoms with Gasteiger partial charge in [0.15, 0.2) is 5.82 Å². The Kier molecular flexibility index (Phi) is 4.06. The third kappa shape index (κ3) is 2.58. The molecule has 1 heterocycles. The Bertz CT molecular complexity index is 575. The van der Waals surface area contributed by atoms with E-state index >= 15 is 0 Å². The second-order valence-corrected chi connectivity index (χ2v) is 5.31. The number of nitrogens with one attached hydrogen (secondary N) is 1. The van der Waals surface area contributed by atoms with E-state index in [1.807, 2.05) is 4.68 Å². The molecule has 2 aromatic rings. The van der Waals surface area contributed by atoms with Gasteiger partial charge in [-0.1, -0.05) is 19.1 Å². The van der Waals surface area contributed by atoms with Crippen molar-refractivity contribution < 1.29 is 0 Å². The lowest BCUT2D eigenvalue weighted by Crippen LogP contribution is -2.18. The number of benzene rings is 1. The molecule has 3 rings (SSSR count). The molecule has 5 heteroatoms. The molecule has 0 amide bonds. The fourth-order valence-electron chi connectivity index (χ4n) is 2.84. The molecule has 0 saturated carbocycles. The molecular formula is C15H21N5. The van der Waals surface area contributed by atoms with Crippen molar-refractivity contribution in [3.8, 4) is 5.69 Å². The van der Waals surface area contributed by atoms with Gasteiger partial charge in [0.1, 0.15) is 0 Å². The number of hydrogen-bond acceptors (Lipinski definition) is 4. The van der Waals surface area contributed by atoms with Gasteiger partial charge in [-0.15, -0.1) is 5.10 Å². The summed E-state index contributed by atoms with van der Waals surface area (Å²) < 4.78 is 1.90. The molecule has 1 aliphatic carbocycles. The monoisotopic (exact) mass is 271 g/mol. The van der Waals surface area contributed by atoms with Crippen LogP contribution in [0.5, 0.6) is 0 Å². The van der Waals surface area contributed by atoms with Crippen LogP contribution in [0, 0.1) is 0 Å². The van der Waals surface area contributed by atoms with E-state index in [0.29, 0.717) is 6.54 Å². The lowest BCUT2D eigenvalue weighted by molar-refractivity contribution is 0.626. The average Bonchev–Trinajstić information content (AvgIpc) is 2.95. The largest absolute Gasteiger partial charge is 0.310 e. The Morgan fingerprint density at radius 1 is 1.25 bits per heavy atom. The highest BCUT2D eigenvalue weighted by Crippen LogP contribution is 2.26. The average molecular weight is 271 g/mol. The summed E-state index contributed by atoms with van der Waals surface area (Å²) in [6.07, 6.45) is 5.97. The van der Waals surface area contributed by atoms with E-state index in [1.54, 1.807) is 0 Å². The summed E-state index contributed by atoms with van der Waals surface area (Å²) in [5, 5.41) is 15.6. The summed E-state index contributed by atoms with van der Waals surface area (Å²) in [6.45, 7) is 3.85. The van der Waals surface area contributed by atoms with Gasteiger partial charge in [0, 0.05) is 0 Å². The van der Waals surface area contributed by atoms with E-state index in [1.165, 1.54) is 30.4 Å². The summed E-state index contributed by atoms with van der Waals surface area (Å²) in [4.78, 5) is 0. The molecular weight excluding hydrogens is 250 g/mol. The van der Waals surface area contributed by atoms with Gasteiger partial charge in [0.2, 0.25) is 0 Å². The highest BCUT2D eigenvalue weighted by atomic mass is 15.5. The first-order valence-corrected chi connectivity index (χ1v) is 7.49. The quantitative estimate of drug-likeness (QED) is 0.846. The number of fused-ring (bicyclic) bond motifs is 1. The molecule has 5 nitrogen and oxygen atoms in total. The molecule has 20 heavy (non-hydrogen) atoms. The molecule has 1 aliphatic rings. The van der Waals surface area contributed by atoms with Gasteiger partial charge >= 0.3 is 0 Å². The third-order valence-corrected chi connectivity index (χ3v) is 3.84. The van der Waals surface area contributed by atoms with Crippen LogP contribution >= 0.6 is 0 Å². The topological polar surface area (TPSA) is 55.6 Å². The number of aryl methyl sites for hydroxylation is 1. The number of hydrogen-bond donors (Lipinski definition) is 1. The van der Waals surface area contributed by atoms with Crippen LogP contribution in [0.3, 0.4) is 0 Å². The van der Waals surface area contributed by atoms with Crippen molar-refractivity contribution in [3.05, 3.63) is 35.2 Å². The molecule has 0 unspecified atom stereocenters. The van der Waals surface area contributed by atoms with E-state index in [2.05, 4.69) is 46.0 Å². The SMILES string of the molecule is CCCNCc1nnnn1-c1cccc2c1CCCC2. The highest BCUT2D eigenvalue weighted by molar-refractivity contribution is 5.47. The van der Waals surface area contributed by atoms with E-state index in [4.69, 9.17) is 0 Å². The van der Waals surface area contributed by atoms with Gasteiger partial charge in [-0.2, -0.15) is 4.68 Å². The molecule has 0 saturated heterocycles. The van der Waals surface area contributed by atoms with Gasteiger partial charge in [0.25, 0.3) is 0 Å². The predicted octanol–water partition coefficient (Wildman–Crippen LogP) is 2.04. The van der Waals surface area contributed by atoms with Gasteiger partial charge in [-0.3, -0.25) is 0 Å². The number of nitrogens with zero attached hydrogens (tertiary/aromatic N) is 4. The van der Waals surface area contributed by atoms with Crippen molar-refractivity contribution in [3.63, 3.8) is 0 Å². The molecule has 0 aliphatic heterocycles. The third-order valence-electron chi connectivity index (χ3n) is 3.84. The lowest BCUT2D eigenvalue weighted by atomic mass is 9.90. The van der Waals surface area contributed by atoms with E-state index in [0.717, 1.165) is 30.9 Å². The molecule has 0 atom stereocenters. The summed E-state index contributed by atoms with van der Waals surface area (Å²) in [7, 11) is 0. The van der Waals surface area contributed by atoms with Crippen LogP contribution in [0.4, 0.5) is 0 Å². The molecule has 106 valence electrons. The maximum absolute atomic E-state index is 4.19. The second-order valence-electron chi connectivity index (χ2n) is 5.31. The van der Waals surface area contributed by atoms with Crippen LogP contribution in [0.2, 0.25) is 0 Å². The first-order chi connectivity index (χ1) is 9.90. The Balaban J connectivity index is 1.91. The molecule has 1 aromatic carbocycles. The van der Waals surface area contributed by atoms with Gasteiger partial charge in [0.05, 0.1) is 12.2 Å². The minimum atomic E-state index is 0.713. The summed E-state index contributed by atoms with van der Waals surface area (Å²) >= 11 is 0. The minimum Gasteiger partial charge on any atom is -0.310 e. The number of aromatic nitrogens is 4. The van der Waals surface area contributed by atoms with Crippen molar-refractivity contribution in [1.82, 2.24) is 25.5 Å². The fourth-order valence-corrected chi connectivity index (χ4v) is 2.84. The first-order valence-electron chi connectivity index (χ1n) is 7.49. The predicted molar refractivity (Wildman–Crippen MR) is 77.8 cm³/mol. The molecule has 0 fully saturated rings. The zero-order chi connectivity index (χ0) is 13.8. The van der Waals surface area contributed by atoms with Crippen LogP contribution in [-0.2, 0) is 19.4 Å². The van der Waals surface area contributed by atoms with Crippen molar-refractivity contribution in [1.29, 1.82) is 0 Å². The van der Waals surface area contributed by atoms with Crippen molar-refractivity contribution in [2.45, 2.75) is 45.6 Å². The Morgan fingerprint density at radius 2 is 2.15 bits per heavy atom. The van der Waals surface area contributed by atoms with E-state index in [-0.39, 0.29) is 0 Å². The van der Waals surface area contributed by atoms with Crippen LogP contribution in [0.1, 0.15) is 43.1 Å². The maximum atomic E-state index is 4.19. The van der Waals surface area contributed by atoms with Crippen LogP contribution < -0.4 is 5.32 Å². The molecule has 1 aromatic heterocycles. The van der Waals surface area contributed by atoms with Gasteiger partial charge in [-0.05, 0) is 66.3 Å². The summed E-state index contributed by atoms with van der Waals surface area (Å²) in [5.41, 5.74) is 4.03. The minimum absolute atomic E-state index is 0.713. The Morgan fingerprint density at radius 3 is 3.05 bits per heavy atom. The summed E-state index contributed by atoms with van der Waals surface area (Å²) in [6, 6.07) is 6.48. The van der Waals surface area contributed by atoms with Gasteiger partial charge in [-0.25, -0.2) is 0 Å². The Hall–Kier alpha value is -1.75. The number of rotatable bonds is 5. The van der Waals surface area contributed by atoms with Crippen molar-refractivity contribution in [2.75, 3.05) is 6.54 Å². The number of tetrazole rings is 1. The molecule has 0 radical (unpaired) electrons. The van der Waals surface area contributed by atoms with E-state index < -0.39 is 0 Å². The van der Waals surface area contributed by atoms with Crippen LogP contribution in [0.25, 0.3) is 5.69 Å². The second kappa shape index (κ2) is 6.13. The molecule has 0 spiro atoms. The normalized spacial score (nSPS) is 14.2.